The SMILES string of the molecule is Cc1cccc(CN2CCC3(CC2)COCCN3CC2CC2)n1.O=C(O)C(F)(F)F.O=C(O)C(F)(F)F. The van der Waals surface area contributed by atoms with Gasteiger partial charge in [0.1, 0.15) is 0 Å². The number of alkyl halides is 6. The minimum absolute atomic E-state index is 0.317. The highest BCUT2D eigenvalue weighted by atomic mass is 19.4. The quantitative estimate of drug-likeness (QED) is 0.554. The fourth-order valence-corrected chi connectivity index (χ4v) is 4.17. The molecule has 1 aromatic rings. The van der Waals surface area contributed by atoms with E-state index in [1.165, 1.54) is 51.0 Å². The maximum atomic E-state index is 10.6. The van der Waals surface area contributed by atoms with Crippen LogP contribution in [0.5, 0.6) is 0 Å². The molecule has 1 saturated carbocycles. The number of pyridine rings is 1. The normalized spacial score (nSPS) is 20.3. The first-order valence-electron chi connectivity index (χ1n) is 11.7. The summed E-state index contributed by atoms with van der Waals surface area (Å²) in [6.45, 7) is 9.70. The first-order valence-corrected chi connectivity index (χ1v) is 11.7. The van der Waals surface area contributed by atoms with Crippen LogP contribution in [0.15, 0.2) is 18.2 Å². The van der Waals surface area contributed by atoms with E-state index in [0.29, 0.717) is 5.54 Å². The maximum Gasteiger partial charge on any atom is 0.490 e. The smallest absolute Gasteiger partial charge is 0.475 e. The number of hydrogen-bond donors (Lipinski definition) is 2. The van der Waals surface area contributed by atoms with Crippen molar-refractivity contribution in [2.75, 3.05) is 39.4 Å². The molecule has 4 rings (SSSR count). The summed E-state index contributed by atoms with van der Waals surface area (Å²) in [6.07, 6.45) is -4.80. The highest BCUT2D eigenvalue weighted by molar-refractivity contribution is 5.73. The second-order valence-electron chi connectivity index (χ2n) is 9.32. The summed E-state index contributed by atoms with van der Waals surface area (Å²) >= 11 is 0. The van der Waals surface area contributed by atoms with Gasteiger partial charge in [-0.3, -0.25) is 14.8 Å². The number of halogens is 6. The molecule has 0 radical (unpaired) electrons. The predicted molar refractivity (Wildman–Crippen MR) is 119 cm³/mol. The van der Waals surface area contributed by atoms with Crippen LogP contribution in [-0.4, -0.2) is 94.2 Å². The van der Waals surface area contributed by atoms with Gasteiger partial charge in [-0.2, -0.15) is 26.3 Å². The van der Waals surface area contributed by atoms with Gasteiger partial charge in [0.2, 0.25) is 0 Å². The molecule has 3 fully saturated rings. The summed E-state index contributed by atoms with van der Waals surface area (Å²) in [7, 11) is 0. The van der Waals surface area contributed by atoms with Crippen LogP contribution in [0.25, 0.3) is 0 Å². The highest BCUT2D eigenvalue weighted by Crippen LogP contribution is 2.37. The molecule has 0 atom stereocenters. The van der Waals surface area contributed by atoms with Crippen molar-refractivity contribution in [3.8, 4) is 0 Å². The molecular formula is C23H31F6N3O5. The van der Waals surface area contributed by atoms with Gasteiger partial charge in [0.25, 0.3) is 0 Å². The van der Waals surface area contributed by atoms with E-state index in [9.17, 15) is 26.3 Å². The van der Waals surface area contributed by atoms with E-state index < -0.39 is 24.3 Å². The van der Waals surface area contributed by atoms with Gasteiger partial charge < -0.3 is 14.9 Å². The van der Waals surface area contributed by atoms with Crippen molar-refractivity contribution in [1.29, 1.82) is 0 Å². The van der Waals surface area contributed by atoms with E-state index in [-0.39, 0.29) is 0 Å². The number of aliphatic carboxylic acids is 2. The number of aromatic nitrogens is 1. The Hall–Kier alpha value is -2.45. The Balaban J connectivity index is 0.000000286. The Morgan fingerprint density at radius 2 is 1.57 bits per heavy atom. The topological polar surface area (TPSA) is 103 Å². The number of piperidine rings is 1. The Bertz CT molecular complexity index is 876. The third kappa shape index (κ3) is 10.4. The van der Waals surface area contributed by atoms with Crippen molar-refractivity contribution in [2.24, 2.45) is 5.92 Å². The lowest BCUT2D eigenvalue weighted by Crippen LogP contribution is -2.61. The average Bonchev–Trinajstić information content (AvgIpc) is 3.61. The zero-order chi connectivity index (χ0) is 27.9. The molecule has 1 spiro atoms. The van der Waals surface area contributed by atoms with Gasteiger partial charge in [0.15, 0.2) is 0 Å². The van der Waals surface area contributed by atoms with Crippen LogP contribution in [0.3, 0.4) is 0 Å². The summed E-state index contributed by atoms with van der Waals surface area (Å²) in [6, 6.07) is 6.35. The van der Waals surface area contributed by atoms with Gasteiger partial charge >= 0.3 is 24.3 Å². The Kier molecular flexibility index (Phi) is 10.7. The van der Waals surface area contributed by atoms with Gasteiger partial charge in [-0.1, -0.05) is 6.07 Å². The Morgan fingerprint density at radius 3 is 2.03 bits per heavy atom. The van der Waals surface area contributed by atoms with Crippen molar-refractivity contribution >= 4 is 11.9 Å². The minimum atomic E-state index is -5.08. The molecule has 3 heterocycles. The van der Waals surface area contributed by atoms with Crippen molar-refractivity contribution in [1.82, 2.24) is 14.8 Å². The zero-order valence-electron chi connectivity index (χ0n) is 20.3. The molecule has 0 unspecified atom stereocenters. The molecule has 0 amide bonds. The van der Waals surface area contributed by atoms with Crippen LogP contribution in [-0.2, 0) is 20.9 Å². The first-order chi connectivity index (χ1) is 17.1. The molecule has 3 aliphatic rings. The van der Waals surface area contributed by atoms with Crippen LogP contribution < -0.4 is 0 Å². The Morgan fingerprint density at radius 1 is 1.03 bits per heavy atom. The van der Waals surface area contributed by atoms with E-state index in [4.69, 9.17) is 24.5 Å². The highest BCUT2D eigenvalue weighted by Gasteiger charge is 2.44. The summed E-state index contributed by atoms with van der Waals surface area (Å²) in [4.78, 5) is 27.8. The molecule has 1 aliphatic carbocycles. The number of carboxylic acid groups (broad SMARTS) is 2. The van der Waals surface area contributed by atoms with Crippen LogP contribution in [0, 0.1) is 12.8 Å². The van der Waals surface area contributed by atoms with E-state index in [2.05, 4.69) is 39.9 Å². The van der Waals surface area contributed by atoms with Crippen molar-refractivity contribution < 1.29 is 50.9 Å². The second-order valence-corrected chi connectivity index (χ2v) is 9.32. The molecule has 2 saturated heterocycles. The van der Waals surface area contributed by atoms with Crippen molar-refractivity contribution in [3.05, 3.63) is 29.6 Å². The fourth-order valence-electron chi connectivity index (χ4n) is 4.17. The summed E-state index contributed by atoms with van der Waals surface area (Å²) < 4.78 is 69.4. The van der Waals surface area contributed by atoms with Gasteiger partial charge in [-0.25, -0.2) is 9.59 Å². The largest absolute Gasteiger partial charge is 0.490 e. The monoisotopic (exact) mass is 543 g/mol. The van der Waals surface area contributed by atoms with Crippen LogP contribution in [0.2, 0.25) is 0 Å². The number of ether oxygens (including phenoxy) is 1. The zero-order valence-corrected chi connectivity index (χ0v) is 20.3. The first kappa shape index (κ1) is 30.8. The predicted octanol–water partition coefficient (Wildman–Crippen LogP) is 3.73. The number of aryl methyl sites for hydroxylation is 1. The number of carboxylic acids is 2. The molecule has 210 valence electrons. The molecule has 0 aromatic carbocycles. The number of likely N-dealkylation sites (tertiary alicyclic amines) is 1. The maximum absolute atomic E-state index is 10.6. The summed E-state index contributed by atoms with van der Waals surface area (Å²) in [5.41, 5.74) is 2.64. The molecule has 1 aromatic heterocycles. The lowest BCUT2D eigenvalue weighted by atomic mass is 9.85. The number of hydrogen-bond acceptors (Lipinski definition) is 6. The Labute approximate surface area is 210 Å². The average molecular weight is 544 g/mol. The fraction of sp³-hybridized carbons (Fsp3) is 0.696. The molecule has 37 heavy (non-hydrogen) atoms. The standard InChI is InChI=1S/C19H29N3O.2C2HF3O2/c1-16-3-2-4-18(20-16)14-21-9-7-19(8-10-21)15-23-12-11-22(19)13-17-5-6-17;2*3-2(4,5)1(6)7/h2-4,17H,5-15H2,1H3;2*(H,6,7). The lowest BCUT2D eigenvalue weighted by Gasteiger charge is -2.51. The van der Waals surface area contributed by atoms with Gasteiger partial charge in [-0.15, -0.1) is 0 Å². The number of carbonyl (C=O) groups is 2. The third-order valence-electron chi connectivity index (χ3n) is 6.33. The molecule has 2 aliphatic heterocycles. The van der Waals surface area contributed by atoms with Crippen LogP contribution in [0.4, 0.5) is 26.3 Å². The molecule has 8 nitrogen and oxygen atoms in total. The van der Waals surface area contributed by atoms with E-state index in [0.717, 1.165) is 37.9 Å². The molecule has 2 N–H and O–H groups in total. The minimum Gasteiger partial charge on any atom is -0.475 e. The second kappa shape index (κ2) is 12.9. The summed E-state index contributed by atoms with van der Waals surface area (Å²) in [5.74, 6) is -4.54. The number of rotatable bonds is 4. The van der Waals surface area contributed by atoms with Gasteiger partial charge in [0.05, 0.1) is 18.9 Å². The number of nitrogens with zero attached hydrogens (tertiary/aromatic N) is 3. The van der Waals surface area contributed by atoms with E-state index in [1.54, 1.807) is 0 Å². The van der Waals surface area contributed by atoms with Gasteiger partial charge in [-0.05, 0) is 50.7 Å². The van der Waals surface area contributed by atoms with E-state index in [1.807, 2.05) is 0 Å². The van der Waals surface area contributed by atoms with Crippen LogP contribution in [0.1, 0.15) is 37.1 Å². The van der Waals surface area contributed by atoms with Crippen molar-refractivity contribution in [3.63, 3.8) is 0 Å². The molecule has 0 bridgehead atoms. The molecule has 14 heteroatoms. The summed E-state index contributed by atoms with van der Waals surface area (Å²) in [5, 5.41) is 14.2. The lowest BCUT2D eigenvalue weighted by molar-refractivity contribution is -0.193. The van der Waals surface area contributed by atoms with E-state index >= 15 is 0 Å². The van der Waals surface area contributed by atoms with Crippen molar-refractivity contribution in [2.45, 2.75) is 57.0 Å². The van der Waals surface area contributed by atoms with Crippen LogP contribution >= 0.6 is 0 Å². The number of morpholine rings is 1. The van der Waals surface area contributed by atoms with Gasteiger partial charge in [0, 0.05) is 44.0 Å². The molecular weight excluding hydrogens is 512 g/mol. The third-order valence-corrected chi connectivity index (χ3v) is 6.33.